The van der Waals surface area contributed by atoms with Crippen LogP contribution in [0, 0.1) is 20.8 Å². The van der Waals surface area contributed by atoms with E-state index >= 15 is 0 Å². The highest BCUT2D eigenvalue weighted by Gasteiger charge is 2.03. The standard InChI is InChI=1S/C16H18N2S/c1-10-6-11(2)8-14(7-10)18-15-5-4-13(16(17)19)9-12(15)3/h4-9,18H,1-3H3,(H2,17,19). The van der Waals surface area contributed by atoms with E-state index in [-0.39, 0.29) is 0 Å². The number of benzene rings is 2. The number of rotatable bonds is 3. The van der Waals surface area contributed by atoms with Crippen molar-refractivity contribution in [1.29, 1.82) is 0 Å². The second-order valence-electron chi connectivity index (χ2n) is 4.90. The summed E-state index contributed by atoms with van der Waals surface area (Å²) in [5.74, 6) is 0. The van der Waals surface area contributed by atoms with Gasteiger partial charge in [0.2, 0.25) is 0 Å². The van der Waals surface area contributed by atoms with Crippen LogP contribution in [-0.2, 0) is 0 Å². The molecule has 19 heavy (non-hydrogen) atoms. The predicted octanol–water partition coefficient (Wildman–Crippen LogP) is 3.99. The first-order valence-corrected chi connectivity index (χ1v) is 6.62. The Labute approximate surface area is 119 Å². The molecule has 0 bridgehead atoms. The van der Waals surface area contributed by atoms with Crippen molar-refractivity contribution < 1.29 is 0 Å². The lowest BCUT2D eigenvalue weighted by molar-refractivity contribution is 1.36. The summed E-state index contributed by atoms with van der Waals surface area (Å²) in [4.78, 5) is 0.432. The SMILES string of the molecule is Cc1cc(C)cc(Nc2ccc(C(N)=S)cc2C)c1. The fraction of sp³-hybridized carbons (Fsp3) is 0.188. The second kappa shape index (κ2) is 5.41. The monoisotopic (exact) mass is 270 g/mol. The first-order valence-electron chi connectivity index (χ1n) is 6.21. The molecular weight excluding hydrogens is 252 g/mol. The van der Waals surface area contributed by atoms with Crippen LogP contribution in [0.25, 0.3) is 0 Å². The Hall–Kier alpha value is -1.87. The zero-order valence-electron chi connectivity index (χ0n) is 11.4. The summed E-state index contributed by atoms with van der Waals surface area (Å²) in [5, 5.41) is 3.44. The van der Waals surface area contributed by atoms with Crippen LogP contribution in [0.15, 0.2) is 36.4 Å². The van der Waals surface area contributed by atoms with E-state index < -0.39 is 0 Å². The molecule has 0 atom stereocenters. The van der Waals surface area contributed by atoms with Gasteiger partial charge in [0.25, 0.3) is 0 Å². The van der Waals surface area contributed by atoms with Crippen molar-refractivity contribution in [3.8, 4) is 0 Å². The van der Waals surface area contributed by atoms with Gasteiger partial charge in [-0.3, -0.25) is 0 Å². The van der Waals surface area contributed by atoms with Crippen LogP contribution in [0.3, 0.4) is 0 Å². The van der Waals surface area contributed by atoms with Crippen molar-refractivity contribution in [2.75, 3.05) is 5.32 Å². The molecule has 3 N–H and O–H groups in total. The van der Waals surface area contributed by atoms with E-state index in [1.54, 1.807) is 0 Å². The maximum atomic E-state index is 5.64. The molecule has 0 spiro atoms. The molecule has 0 aliphatic rings. The number of nitrogens with one attached hydrogen (secondary N) is 1. The highest BCUT2D eigenvalue weighted by Crippen LogP contribution is 2.23. The molecule has 0 heterocycles. The number of nitrogens with two attached hydrogens (primary N) is 1. The van der Waals surface area contributed by atoms with Crippen LogP contribution in [0.2, 0.25) is 0 Å². The van der Waals surface area contributed by atoms with Gasteiger partial charge in [-0.1, -0.05) is 18.3 Å². The van der Waals surface area contributed by atoms with Gasteiger partial charge >= 0.3 is 0 Å². The number of hydrogen-bond acceptors (Lipinski definition) is 2. The lowest BCUT2D eigenvalue weighted by Crippen LogP contribution is -2.09. The molecule has 0 aliphatic heterocycles. The zero-order valence-corrected chi connectivity index (χ0v) is 12.3. The maximum absolute atomic E-state index is 5.64. The van der Waals surface area contributed by atoms with Crippen molar-refractivity contribution in [3.05, 3.63) is 58.7 Å². The van der Waals surface area contributed by atoms with Crippen molar-refractivity contribution in [2.45, 2.75) is 20.8 Å². The smallest absolute Gasteiger partial charge is 0.103 e. The van der Waals surface area contributed by atoms with E-state index in [1.165, 1.54) is 11.1 Å². The van der Waals surface area contributed by atoms with E-state index in [9.17, 15) is 0 Å². The molecular formula is C16H18N2S. The summed E-state index contributed by atoms with van der Waals surface area (Å²) in [6, 6.07) is 12.4. The van der Waals surface area contributed by atoms with Gasteiger partial charge in [0, 0.05) is 16.9 Å². The molecule has 0 unspecified atom stereocenters. The van der Waals surface area contributed by atoms with E-state index in [2.05, 4.69) is 37.4 Å². The number of anilines is 2. The molecule has 0 saturated heterocycles. The maximum Gasteiger partial charge on any atom is 0.103 e. The first kappa shape index (κ1) is 13.6. The zero-order chi connectivity index (χ0) is 14.0. The van der Waals surface area contributed by atoms with Crippen molar-refractivity contribution in [2.24, 2.45) is 5.73 Å². The van der Waals surface area contributed by atoms with Crippen molar-refractivity contribution in [3.63, 3.8) is 0 Å². The summed E-state index contributed by atoms with van der Waals surface area (Å²) in [7, 11) is 0. The fourth-order valence-corrected chi connectivity index (χ4v) is 2.29. The van der Waals surface area contributed by atoms with Crippen LogP contribution >= 0.6 is 12.2 Å². The Bertz CT molecular complexity index is 612. The Balaban J connectivity index is 2.30. The molecule has 2 aromatic rings. The number of hydrogen-bond donors (Lipinski definition) is 2. The minimum atomic E-state index is 0.432. The normalized spacial score (nSPS) is 10.3. The average molecular weight is 270 g/mol. The van der Waals surface area contributed by atoms with Gasteiger partial charge in [0.05, 0.1) is 0 Å². The van der Waals surface area contributed by atoms with Gasteiger partial charge in [-0.25, -0.2) is 0 Å². The molecule has 2 aromatic carbocycles. The summed E-state index contributed by atoms with van der Waals surface area (Å²) in [6.45, 7) is 6.24. The number of thiocarbonyl (C=S) groups is 1. The molecule has 98 valence electrons. The lowest BCUT2D eigenvalue weighted by atomic mass is 10.1. The molecule has 0 amide bonds. The van der Waals surface area contributed by atoms with Crippen molar-refractivity contribution in [1.82, 2.24) is 0 Å². The third-order valence-corrected chi connectivity index (χ3v) is 3.25. The Morgan fingerprint density at radius 1 is 1.00 bits per heavy atom. The van der Waals surface area contributed by atoms with Crippen molar-refractivity contribution >= 4 is 28.6 Å². The van der Waals surface area contributed by atoms with Gasteiger partial charge in [-0.05, 0) is 67.8 Å². The van der Waals surface area contributed by atoms with E-state index in [0.717, 1.165) is 22.5 Å². The van der Waals surface area contributed by atoms with E-state index in [4.69, 9.17) is 18.0 Å². The number of aryl methyl sites for hydroxylation is 3. The summed E-state index contributed by atoms with van der Waals surface area (Å²) in [5.41, 5.74) is 12.3. The Kier molecular flexibility index (Phi) is 3.86. The van der Waals surface area contributed by atoms with Crippen LogP contribution in [0.5, 0.6) is 0 Å². The van der Waals surface area contributed by atoms with Crippen LogP contribution in [0.4, 0.5) is 11.4 Å². The minimum Gasteiger partial charge on any atom is -0.389 e. The molecule has 0 saturated carbocycles. The third kappa shape index (κ3) is 3.32. The van der Waals surface area contributed by atoms with Gasteiger partial charge < -0.3 is 11.1 Å². The Morgan fingerprint density at radius 2 is 1.63 bits per heavy atom. The average Bonchev–Trinajstić information content (AvgIpc) is 2.30. The molecule has 0 fully saturated rings. The molecule has 0 radical (unpaired) electrons. The van der Waals surface area contributed by atoms with Gasteiger partial charge in [0.1, 0.15) is 4.99 Å². The third-order valence-electron chi connectivity index (χ3n) is 3.01. The second-order valence-corrected chi connectivity index (χ2v) is 5.34. The molecule has 0 aliphatic carbocycles. The van der Waals surface area contributed by atoms with Crippen LogP contribution < -0.4 is 11.1 Å². The highest BCUT2D eigenvalue weighted by molar-refractivity contribution is 7.80. The summed E-state index contributed by atoms with van der Waals surface area (Å²) < 4.78 is 0. The first-order chi connectivity index (χ1) is 8.95. The molecule has 2 nitrogen and oxygen atoms in total. The van der Waals surface area contributed by atoms with Crippen LogP contribution in [0.1, 0.15) is 22.3 Å². The van der Waals surface area contributed by atoms with Gasteiger partial charge in [0.15, 0.2) is 0 Å². The largest absolute Gasteiger partial charge is 0.389 e. The molecule has 0 aromatic heterocycles. The quantitative estimate of drug-likeness (QED) is 0.828. The summed E-state index contributed by atoms with van der Waals surface area (Å²) >= 11 is 4.99. The minimum absolute atomic E-state index is 0.432. The van der Waals surface area contributed by atoms with E-state index in [1.807, 2.05) is 25.1 Å². The van der Waals surface area contributed by atoms with E-state index in [0.29, 0.717) is 4.99 Å². The summed E-state index contributed by atoms with van der Waals surface area (Å²) in [6.07, 6.45) is 0. The Morgan fingerprint density at radius 3 is 2.16 bits per heavy atom. The molecule has 2 rings (SSSR count). The van der Waals surface area contributed by atoms with Crippen LogP contribution in [-0.4, -0.2) is 4.99 Å². The molecule has 3 heteroatoms. The predicted molar refractivity (Wildman–Crippen MR) is 86.3 cm³/mol. The topological polar surface area (TPSA) is 38.0 Å². The lowest BCUT2D eigenvalue weighted by Gasteiger charge is -2.12. The van der Waals surface area contributed by atoms with Gasteiger partial charge in [-0.2, -0.15) is 0 Å². The fourth-order valence-electron chi connectivity index (χ4n) is 2.16. The van der Waals surface area contributed by atoms with Gasteiger partial charge in [-0.15, -0.1) is 0 Å². The highest BCUT2D eigenvalue weighted by atomic mass is 32.1.